The molecule has 5 aromatic rings. The van der Waals surface area contributed by atoms with Crippen molar-refractivity contribution in [2.24, 2.45) is 0 Å². The van der Waals surface area contributed by atoms with Gasteiger partial charge in [0.05, 0.1) is 18.1 Å². The number of aromatic nitrogens is 7. The molecule has 0 saturated heterocycles. The number of allylic oxidation sites excluding steroid dienone is 1. The van der Waals surface area contributed by atoms with Gasteiger partial charge in [0.2, 0.25) is 5.82 Å². The number of fused-ring (bicyclic) bond motifs is 1. The van der Waals surface area contributed by atoms with Crippen LogP contribution in [0.4, 0.5) is 0 Å². The number of nitrogens with one attached hydrogen (secondary N) is 1. The zero-order valence-corrected chi connectivity index (χ0v) is 16.4. The van der Waals surface area contributed by atoms with Gasteiger partial charge in [0, 0.05) is 6.54 Å². The van der Waals surface area contributed by atoms with Crippen molar-refractivity contribution < 1.29 is 4.42 Å². The van der Waals surface area contributed by atoms with Crippen LogP contribution in [0.1, 0.15) is 0 Å². The average molecular weight is 417 g/mol. The van der Waals surface area contributed by atoms with Crippen LogP contribution in [0.3, 0.4) is 0 Å². The molecule has 0 radical (unpaired) electrons. The van der Waals surface area contributed by atoms with E-state index >= 15 is 0 Å². The van der Waals surface area contributed by atoms with E-state index < -0.39 is 0 Å². The van der Waals surface area contributed by atoms with Crippen LogP contribution in [0, 0.1) is 0 Å². The van der Waals surface area contributed by atoms with Crippen LogP contribution in [0.2, 0.25) is 0 Å². The Balaban J connectivity index is 1.58. The maximum atomic E-state index is 12.6. The van der Waals surface area contributed by atoms with Crippen LogP contribution in [-0.4, -0.2) is 34.5 Å². The van der Waals surface area contributed by atoms with Crippen LogP contribution in [0.25, 0.3) is 28.3 Å². The minimum atomic E-state index is -0.272. The molecule has 0 atom stereocenters. The lowest BCUT2D eigenvalue weighted by atomic mass is 10.3. The van der Waals surface area contributed by atoms with Gasteiger partial charge in [-0.15, -0.1) is 16.8 Å². The first-order valence-corrected chi connectivity index (χ1v) is 9.85. The number of hydrogen-bond donors (Lipinski definition) is 1. The lowest BCUT2D eigenvalue weighted by Gasteiger charge is -2.06. The van der Waals surface area contributed by atoms with Crippen molar-refractivity contribution in [1.82, 2.24) is 34.5 Å². The second kappa shape index (κ2) is 7.48. The molecule has 0 unspecified atom stereocenters. The number of para-hydroxylation sites is 1. The molecule has 0 aliphatic heterocycles. The van der Waals surface area contributed by atoms with Gasteiger partial charge in [-0.3, -0.25) is 9.36 Å². The Morgan fingerprint density at radius 2 is 2.03 bits per heavy atom. The van der Waals surface area contributed by atoms with Crippen LogP contribution < -0.4 is 5.56 Å². The van der Waals surface area contributed by atoms with Crippen molar-refractivity contribution in [1.29, 1.82) is 0 Å². The molecule has 0 aliphatic rings. The third-order valence-electron chi connectivity index (χ3n) is 4.38. The Kier molecular flexibility index (Phi) is 4.52. The fourth-order valence-corrected chi connectivity index (χ4v) is 3.84. The Labute approximate surface area is 174 Å². The van der Waals surface area contributed by atoms with Crippen LogP contribution in [0.15, 0.2) is 87.1 Å². The Bertz CT molecular complexity index is 1380. The molecule has 0 aliphatic carbocycles. The number of aromatic amines is 1. The molecule has 1 aromatic carbocycles. The topological polar surface area (TPSA) is 107 Å². The molecule has 9 nitrogen and oxygen atoms in total. The first-order valence-electron chi connectivity index (χ1n) is 9.04. The Morgan fingerprint density at radius 3 is 2.80 bits per heavy atom. The summed E-state index contributed by atoms with van der Waals surface area (Å²) in [4.78, 5) is 20.0. The van der Waals surface area contributed by atoms with Gasteiger partial charge >= 0.3 is 0 Å². The summed E-state index contributed by atoms with van der Waals surface area (Å²) < 4.78 is 8.93. The SMILES string of the molecule is C=CCn1c(Sc2nc3c(cnn3-c3ccccc3)c(=O)[nH]2)nnc1-c1ccco1. The smallest absolute Gasteiger partial charge is 0.262 e. The van der Waals surface area contributed by atoms with E-state index in [0.29, 0.717) is 39.5 Å². The molecule has 30 heavy (non-hydrogen) atoms. The minimum absolute atomic E-state index is 0.272. The highest BCUT2D eigenvalue weighted by molar-refractivity contribution is 7.99. The van der Waals surface area contributed by atoms with E-state index in [1.165, 1.54) is 18.0 Å². The highest BCUT2D eigenvalue weighted by Crippen LogP contribution is 2.28. The standard InChI is InChI=1S/C20H15N7O2S/c1-2-10-26-17(15-9-6-11-29-15)24-25-20(26)30-19-22-16-14(18(28)23-19)12-21-27(16)13-7-4-3-5-8-13/h2-9,11-12H,1,10H2,(H,22,23,28). The lowest BCUT2D eigenvalue weighted by molar-refractivity contribution is 0.569. The molecule has 0 fully saturated rings. The van der Waals surface area contributed by atoms with Crippen molar-refractivity contribution in [3.05, 3.63) is 77.9 Å². The molecular formula is C20H15N7O2S. The summed E-state index contributed by atoms with van der Waals surface area (Å²) in [5.74, 6) is 1.16. The van der Waals surface area contributed by atoms with E-state index in [1.54, 1.807) is 23.1 Å². The van der Waals surface area contributed by atoms with Crippen LogP contribution in [0.5, 0.6) is 0 Å². The third kappa shape index (κ3) is 3.12. The van der Waals surface area contributed by atoms with E-state index in [2.05, 4.69) is 31.8 Å². The molecule has 0 amide bonds. The van der Waals surface area contributed by atoms with Crippen molar-refractivity contribution in [2.75, 3.05) is 0 Å². The van der Waals surface area contributed by atoms with Crippen molar-refractivity contribution in [3.63, 3.8) is 0 Å². The molecular weight excluding hydrogens is 402 g/mol. The largest absolute Gasteiger partial charge is 0.461 e. The highest BCUT2D eigenvalue weighted by Gasteiger charge is 2.18. The summed E-state index contributed by atoms with van der Waals surface area (Å²) in [5.41, 5.74) is 1.01. The average Bonchev–Trinajstić information content (AvgIpc) is 3.50. The highest BCUT2D eigenvalue weighted by atomic mass is 32.2. The summed E-state index contributed by atoms with van der Waals surface area (Å²) >= 11 is 1.20. The van der Waals surface area contributed by atoms with Crippen LogP contribution >= 0.6 is 11.8 Å². The molecule has 10 heteroatoms. The molecule has 0 bridgehead atoms. The maximum Gasteiger partial charge on any atom is 0.262 e. The number of furan rings is 1. The predicted octanol–water partition coefficient (Wildman–Crippen LogP) is 3.30. The molecule has 4 heterocycles. The van der Waals surface area contributed by atoms with Gasteiger partial charge in [0.15, 0.2) is 21.7 Å². The number of H-pyrrole nitrogens is 1. The molecule has 148 valence electrons. The number of rotatable bonds is 6. The summed E-state index contributed by atoms with van der Waals surface area (Å²) in [5, 5.41) is 14.1. The van der Waals surface area contributed by atoms with E-state index in [0.717, 1.165) is 5.69 Å². The van der Waals surface area contributed by atoms with Gasteiger partial charge in [0.25, 0.3) is 5.56 Å². The van der Waals surface area contributed by atoms with Gasteiger partial charge in [-0.05, 0) is 36.0 Å². The molecule has 5 rings (SSSR count). The molecule has 1 N–H and O–H groups in total. The number of nitrogens with zero attached hydrogens (tertiary/aromatic N) is 6. The summed E-state index contributed by atoms with van der Waals surface area (Å²) in [7, 11) is 0. The first kappa shape index (κ1) is 18.1. The zero-order valence-electron chi connectivity index (χ0n) is 15.6. The second-order valence-corrected chi connectivity index (χ2v) is 7.24. The van der Waals surface area contributed by atoms with Gasteiger partial charge < -0.3 is 9.40 Å². The summed E-state index contributed by atoms with van der Waals surface area (Å²) in [6.45, 7) is 4.27. The van der Waals surface area contributed by atoms with Crippen molar-refractivity contribution >= 4 is 22.8 Å². The lowest BCUT2D eigenvalue weighted by Crippen LogP contribution is -2.10. The number of hydrogen-bond acceptors (Lipinski definition) is 7. The second-order valence-electron chi connectivity index (χ2n) is 6.29. The zero-order chi connectivity index (χ0) is 20.5. The Morgan fingerprint density at radius 1 is 1.17 bits per heavy atom. The van der Waals surface area contributed by atoms with Crippen molar-refractivity contribution in [2.45, 2.75) is 16.9 Å². The predicted molar refractivity (Wildman–Crippen MR) is 112 cm³/mol. The molecule has 0 saturated carbocycles. The normalized spacial score (nSPS) is 11.2. The van der Waals surface area contributed by atoms with E-state index in [1.807, 2.05) is 41.0 Å². The van der Waals surface area contributed by atoms with Gasteiger partial charge in [-0.25, -0.2) is 9.67 Å². The molecule has 0 spiro atoms. The van der Waals surface area contributed by atoms with Gasteiger partial charge in [-0.1, -0.05) is 24.3 Å². The van der Waals surface area contributed by atoms with E-state index in [9.17, 15) is 4.79 Å². The quantitative estimate of drug-likeness (QED) is 0.334. The first-order chi connectivity index (χ1) is 14.7. The summed E-state index contributed by atoms with van der Waals surface area (Å²) in [6, 6.07) is 13.1. The van der Waals surface area contributed by atoms with E-state index in [4.69, 9.17) is 4.42 Å². The Hall–Kier alpha value is -3.92. The van der Waals surface area contributed by atoms with E-state index in [-0.39, 0.29) is 5.56 Å². The fraction of sp³-hybridized carbons (Fsp3) is 0.0500. The summed E-state index contributed by atoms with van der Waals surface area (Å²) in [6.07, 6.45) is 4.83. The monoisotopic (exact) mass is 417 g/mol. The van der Waals surface area contributed by atoms with Crippen molar-refractivity contribution in [3.8, 4) is 17.3 Å². The van der Waals surface area contributed by atoms with Gasteiger partial charge in [0.1, 0.15) is 5.39 Å². The minimum Gasteiger partial charge on any atom is -0.461 e. The van der Waals surface area contributed by atoms with Crippen LogP contribution in [-0.2, 0) is 6.54 Å². The maximum absolute atomic E-state index is 12.6. The number of benzene rings is 1. The van der Waals surface area contributed by atoms with Gasteiger partial charge in [-0.2, -0.15) is 5.10 Å². The fourth-order valence-electron chi connectivity index (χ4n) is 3.04. The third-order valence-corrected chi connectivity index (χ3v) is 5.25. The molecule has 4 aromatic heterocycles.